The molecular weight excluding hydrogens is 204 g/mol. The number of Topliss-reactive ketones (excluding diaryl/α,β-unsaturated/α-hetero) is 1. The van der Waals surface area contributed by atoms with E-state index >= 15 is 0 Å². The minimum absolute atomic E-state index is 0.0868. The lowest BCUT2D eigenvalue weighted by Gasteiger charge is -2.03. The van der Waals surface area contributed by atoms with Crippen LogP contribution in [0.4, 0.5) is 0 Å². The third-order valence-electron chi connectivity index (χ3n) is 2.40. The van der Waals surface area contributed by atoms with E-state index in [-0.39, 0.29) is 12.2 Å². The summed E-state index contributed by atoms with van der Waals surface area (Å²) in [6.45, 7) is 4.06. The Balaban J connectivity index is 3.14. The molecule has 0 radical (unpaired) electrons. The number of esters is 1. The standard InChI is InChI=1S/C13H24O3/c1-3-4-5-6-7-8-9-10-16-13(15)11-12(2)14/h3-11H2,1-2H3. The summed E-state index contributed by atoms with van der Waals surface area (Å²) in [5, 5.41) is 0. The van der Waals surface area contributed by atoms with Crippen LogP contribution in [-0.2, 0) is 14.3 Å². The van der Waals surface area contributed by atoms with Crippen molar-refractivity contribution in [2.75, 3.05) is 6.61 Å². The number of hydrogen-bond donors (Lipinski definition) is 0. The molecule has 0 aromatic carbocycles. The van der Waals surface area contributed by atoms with E-state index < -0.39 is 5.97 Å². The van der Waals surface area contributed by atoms with Crippen molar-refractivity contribution in [2.45, 2.75) is 65.2 Å². The number of rotatable bonds is 10. The first kappa shape index (κ1) is 15.1. The van der Waals surface area contributed by atoms with E-state index in [1.807, 2.05) is 0 Å². The van der Waals surface area contributed by atoms with Crippen LogP contribution in [0.5, 0.6) is 0 Å². The zero-order valence-electron chi connectivity index (χ0n) is 10.6. The largest absolute Gasteiger partial charge is 0.465 e. The van der Waals surface area contributed by atoms with Gasteiger partial charge in [0.2, 0.25) is 0 Å². The van der Waals surface area contributed by atoms with Gasteiger partial charge in [-0.05, 0) is 13.3 Å². The number of hydrogen-bond acceptors (Lipinski definition) is 3. The lowest BCUT2D eigenvalue weighted by molar-refractivity contribution is -0.145. The summed E-state index contributed by atoms with van der Waals surface area (Å²) in [6, 6.07) is 0. The van der Waals surface area contributed by atoms with E-state index in [1.165, 1.54) is 39.0 Å². The second-order valence-corrected chi connectivity index (χ2v) is 4.22. The van der Waals surface area contributed by atoms with E-state index in [9.17, 15) is 9.59 Å². The van der Waals surface area contributed by atoms with Gasteiger partial charge in [0.05, 0.1) is 6.61 Å². The van der Waals surface area contributed by atoms with E-state index in [4.69, 9.17) is 4.74 Å². The number of ketones is 1. The van der Waals surface area contributed by atoms with Crippen LogP contribution in [0.3, 0.4) is 0 Å². The highest BCUT2D eigenvalue weighted by molar-refractivity contribution is 5.94. The minimum Gasteiger partial charge on any atom is -0.465 e. The maximum Gasteiger partial charge on any atom is 0.313 e. The molecular formula is C13H24O3. The summed E-state index contributed by atoms with van der Waals surface area (Å²) in [4.78, 5) is 21.6. The van der Waals surface area contributed by atoms with E-state index in [2.05, 4.69) is 6.92 Å². The van der Waals surface area contributed by atoms with Crippen LogP contribution < -0.4 is 0 Å². The van der Waals surface area contributed by atoms with Crippen molar-refractivity contribution in [3.63, 3.8) is 0 Å². The van der Waals surface area contributed by atoms with Gasteiger partial charge in [-0.3, -0.25) is 9.59 Å². The Kier molecular flexibility index (Phi) is 10.1. The van der Waals surface area contributed by atoms with Gasteiger partial charge in [-0.2, -0.15) is 0 Å². The van der Waals surface area contributed by atoms with Gasteiger partial charge < -0.3 is 4.74 Å². The van der Waals surface area contributed by atoms with Crippen molar-refractivity contribution < 1.29 is 14.3 Å². The van der Waals surface area contributed by atoms with Crippen molar-refractivity contribution in [3.8, 4) is 0 Å². The van der Waals surface area contributed by atoms with Crippen molar-refractivity contribution in [1.82, 2.24) is 0 Å². The predicted molar refractivity (Wildman–Crippen MR) is 64.3 cm³/mol. The van der Waals surface area contributed by atoms with Crippen LogP contribution in [0.1, 0.15) is 65.2 Å². The fourth-order valence-corrected chi connectivity index (χ4v) is 1.50. The fourth-order valence-electron chi connectivity index (χ4n) is 1.50. The summed E-state index contributed by atoms with van der Waals surface area (Å²) < 4.78 is 4.92. The Bertz CT molecular complexity index is 199. The molecule has 0 unspecified atom stereocenters. The first-order chi connectivity index (χ1) is 7.66. The third-order valence-corrected chi connectivity index (χ3v) is 2.40. The van der Waals surface area contributed by atoms with Crippen LogP contribution in [0, 0.1) is 0 Å². The van der Waals surface area contributed by atoms with E-state index in [0.29, 0.717) is 6.61 Å². The highest BCUT2D eigenvalue weighted by Gasteiger charge is 2.05. The van der Waals surface area contributed by atoms with E-state index in [0.717, 1.165) is 12.8 Å². The quantitative estimate of drug-likeness (QED) is 0.327. The molecule has 0 saturated heterocycles. The Morgan fingerprint density at radius 3 is 2.06 bits per heavy atom. The van der Waals surface area contributed by atoms with Gasteiger partial charge in [-0.15, -0.1) is 0 Å². The Hall–Kier alpha value is -0.860. The second-order valence-electron chi connectivity index (χ2n) is 4.22. The Morgan fingerprint density at radius 1 is 0.938 bits per heavy atom. The fraction of sp³-hybridized carbons (Fsp3) is 0.846. The molecule has 94 valence electrons. The van der Waals surface area contributed by atoms with Crippen molar-refractivity contribution in [2.24, 2.45) is 0 Å². The second kappa shape index (κ2) is 10.7. The van der Waals surface area contributed by atoms with Gasteiger partial charge in [-0.1, -0.05) is 45.4 Å². The molecule has 0 N–H and O–H groups in total. The van der Waals surface area contributed by atoms with Gasteiger partial charge in [0, 0.05) is 0 Å². The highest BCUT2D eigenvalue weighted by Crippen LogP contribution is 2.06. The molecule has 3 heteroatoms. The minimum atomic E-state index is -0.390. The molecule has 0 amide bonds. The van der Waals surface area contributed by atoms with Crippen LogP contribution in [0.25, 0.3) is 0 Å². The molecule has 0 fully saturated rings. The number of unbranched alkanes of at least 4 members (excludes halogenated alkanes) is 6. The zero-order chi connectivity index (χ0) is 12.2. The smallest absolute Gasteiger partial charge is 0.313 e. The molecule has 0 aromatic rings. The summed E-state index contributed by atoms with van der Waals surface area (Å²) in [7, 11) is 0. The molecule has 0 aliphatic heterocycles. The van der Waals surface area contributed by atoms with Crippen LogP contribution in [0.15, 0.2) is 0 Å². The molecule has 0 atom stereocenters. The van der Waals surface area contributed by atoms with Crippen LogP contribution in [0.2, 0.25) is 0 Å². The highest BCUT2D eigenvalue weighted by atomic mass is 16.5. The Morgan fingerprint density at radius 2 is 1.50 bits per heavy atom. The molecule has 0 aromatic heterocycles. The molecule has 0 aliphatic carbocycles. The van der Waals surface area contributed by atoms with Gasteiger partial charge in [0.15, 0.2) is 0 Å². The van der Waals surface area contributed by atoms with Crippen LogP contribution in [-0.4, -0.2) is 18.4 Å². The molecule has 0 aliphatic rings. The first-order valence-electron chi connectivity index (χ1n) is 6.32. The average molecular weight is 228 g/mol. The monoisotopic (exact) mass is 228 g/mol. The molecule has 0 saturated carbocycles. The molecule has 0 bridgehead atoms. The number of carbonyl (C=O) groups excluding carboxylic acids is 2. The first-order valence-corrected chi connectivity index (χ1v) is 6.32. The normalized spacial score (nSPS) is 10.1. The molecule has 3 nitrogen and oxygen atoms in total. The van der Waals surface area contributed by atoms with Gasteiger partial charge >= 0.3 is 5.97 Å². The van der Waals surface area contributed by atoms with Gasteiger partial charge in [0.25, 0.3) is 0 Å². The third kappa shape index (κ3) is 11.2. The summed E-state index contributed by atoms with van der Waals surface area (Å²) in [5.74, 6) is -0.525. The van der Waals surface area contributed by atoms with Crippen LogP contribution >= 0.6 is 0 Å². The summed E-state index contributed by atoms with van der Waals surface area (Å²) in [6.07, 6.45) is 8.31. The SMILES string of the molecule is CCCCCCCCCOC(=O)CC(C)=O. The lowest BCUT2D eigenvalue weighted by atomic mass is 10.1. The van der Waals surface area contributed by atoms with Crippen molar-refractivity contribution in [3.05, 3.63) is 0 Å². The summed E-state index contributed by atoms with van der Waals surface area (Å²) in [5.41, 5.74) is 0. The van der Waals surface area contributed by atoms with Gasteiger partial charge in [0.1, 0.15) is 12.2 Å². The molecule has 0 heterocycles. The summed E-state index contributed by atoms with van der Waals surface area (Å²) >= 11 is 0. The molecule has 0 rings (SSSR count). The predicted octanol–water partition coefficient (Wildman–Crippen LogP) is 3.26. The van der Waals surface area contributed by atoms with Crippen molar-refractivity contribution in [1.29, 1.82) is 0 Å². The average Bonchev–Trinajstić information content (AvgIpc) is 2.21. The lowest BCUT2D eigenvalue weighted by Crippen LogP contribution is -2.09. The molecule has 0 spiro atoms. The molecule has 16 heavy (non-hydrogen) atoms. The topological polar surface area (TPSA) is 43.4 Å². The maximum absolute atomic E-state index is 11.0. The van der Waals surface area contributed by atoms with Gasteiger partial charge in [-0.25, -0.2) is 0 Å². The number of carbonyl (C=O) groups is 2. The number of ether oxygens (including phenoxy) is 1. The van der Waals surface area contributed by atoms with E-state index in [1.54, 1.807) is 0 Å². The maximum atomic E-state index is 11.0. The Labute approximate surface area is 98.6 Å². The zero-order valence-corrected chi connectivity index (χ0v) is 10.6. The van der Waals surface area contributed by atoms with Crippen molar-refractivity contribution >= 4 is 11.8 Å².